The van der Waals surface area contributed by atoms with Gasteiger partial charge in [0.15, 0.2) is 0 Å². The smallest absolute Gasteiger partial charge is 0.237 e. The second kappa shape index (κ2) is 8.34. The van der Waals surface area contributed by atoms with Gasteiger partial charge in [0.05, 0.1) is 6.04 Å². The minimum absolute atomic E-state index is 0.0285. The van der Waals surface area contributed by atoms with Crippen LogP contribution in [-0.2, 0) is 17.9 Å². The lowest BCUT2D eigenvalue weighted by atomic mass is 10.0. The van der Waals surface area contributed by atoms with Gasteiger partial charge in [-0.2, -0.15) is 0 Å². The van der Waals surface area contributed by atoms with E-state index in [4.69, 9.17) is 0 Å². The maximum absolute atomic E-state index is 12.4. The van der Waals surface area contributed by atoms with E-state index in [1.807, 2.05) is 56.3 Å². The SMILES string of the molecule is CC(C)[C@H](NCc1ccccc1O)C(=O)NCc1ccccc1. The van der Waals surface area contributed by atoms with E-state index in [0.29, 0.717) is 13.1 Å². The Balaban J connectivity index is 1.92. The molecule has 0 heterocycles. The number of nitrogens with one attached hydrogen (secondary N) is 2. The zero-order valence-corrected chi connectivity index (χ0v) is 13.6. The molecule has 0 fully saturated rings. The number of phenols is 1. The summed E-state index contributed by atoms with van der Waals surface area (Å²) in [5, 5.41) is 16.0. The predicted octanol–water partition coefficient (Wildman–Crippen LogP) is 2.82. The molecule has 0 radical (unpaired) electrons. The van der Waals surface area contributed by atoms with E-state index in [1.165, 1.54) is 0 Å². The summed E-state index contributed by atoms with van der Waals surface area (Å²) in [4.78, 5) is 12.4. The highest BCUT2D eigenvalue weighted by Crippen LogP contribution is 2.16. The van der Waals surface area contributed by atoms with Crippen molar-refractivity contribution in [1.82, 2.24) is 10.6 Å². The third-order valence-corrected chi connectivity index (χ3v) is 3.76. The van der Waals surface area contributed by atoms with Crippen molar-refractivity contribution >= 4 is 5.91 Å². The molecule has 0 saturated heterocycles. The number of amides is 1. The van der Waals surface area contributed by atoms with Crippen LogP contribution in [0.3, 0.4) is 0 Å². The van der Waals surface area contributed by atoms with Crippen LogP contribution in [0.5, 0.6) is 5.75 Å². The summed E-state index contributed by atoms with van der Waals surface area (Å²) < 4.78 is 0. The molecule has 0 aromatic heterocycles. The van der Waals surface area contributed by atoms with Crippen LogP contribution in [0.25, 0.3) is 0 Å². The van der Waals surface area contributed by atoms with Crippen molar-refractivity contribution < 1.29 is 9.90 Å². The first-order valence-electron chi connectivity index (χ1n) is 7.90. The number of aromatic hydroxyl groups is 1. The summed E-state index contributed by atoms with van der Waals surface area (Å²) >= 11 is 0. The largest absolute Gasteiger partial charge is 0.508 e. The second-order valence-electron chi connectivity index (χ2n) is 5.93. The molecule has 1 atom stereocenters. The zero-order valence-electron chi connectivity index (χ0n) is 13.6. The summed E-state index contributed by atoms with van der Waals surface area (Å²) in [5.41, 5.74) is 1.86. The molecule has 4 heteroatoms. The van der Waals surface area contributed by atoms with Gasteiger partial charge in [0, 0.05) is 18.7 Å². The predicted molar refractivity (Wildman–Crippen MR) is 91.9 cm³/mol. The van der Waals surface area contributed by atoms with E-state index in [0.717, 1.165) is 11.1 Å². The highest BCUT2D eigenvalue weighted by Gasteiger charge is 2.21. The number of benzene rings is 2. The molecule has 1 amide bonds. The van der Waals surface area contributed by atoms with Crippen molar-refractivity contribution in [2.24, 2.45) is 5.92 Å². The summed E-state index contributed by atoms with van der Waals surface area (Å²) in [6.07, 6.45) is 0. The van der Waals surface area contributed by atoms with Crippen molar-refractivity contribution in [3.8, 4) is 5.75 Å². The minimum atomic E-state index is -0.307. The van der Waals surface area contributed by atoms with Crippen LogP contribution in [0, 0.1) is 5.92 Å². The van der Waals surface area contributed by atoms with Gasteiger partial charge in [-0.15, -0.1) is 0 Å². The Bertz CT molecular complexity index is 626. The van der Waals surface area contributed by atoms with Gasteiger partial charge in [-0.1, -0.05) is 62.4 Å². The Morgan fingerprint density at radius 3 is 2.30 bits per heavy atom. The molecule has 0 saturated carbocycles. The van der Waals surface area contributed by atoms with Gasteiger partial charge < -0.3 is 15.7 Å². The molecule has 2 rings (SSSR count). The van der Waals surface area contributed by atoms with Gasteiger partial charge in [0.25, 0.3) is 0 Å². The van der Waals surface area contributed by atoms with Crippen molar-refractivity contribution in [1.29, 1.82) is 0 Å². The molecule has 0 aliphatic heterocycles. The minimum Gasteiger partial charge on any atom is -0.508 e. The van der Waals surface area contributed by atoms with Crippen LogP contribution in [0.2, 0.25) is 0 Å². The standard InChI is InChI=1S/C19H24N2O2/c1-14(2)18(20-13-16-10-6-7-11-17(16)22)19(23)21-12-15-8-4-3-5-9-15/h3-11,14,18,20,22H,12-13H2,1-2H3,(H,21,23)/t18-/m0/s1. The van der Waals surface area contributed by atoms with Crippen LogP contribution in [0.4, 0.5) is 0 Å². The van der Waals surface area contributed by atoms with Crippen molar-refractivity contribution in [2.75, 3.05) is 0 Å². The average molecular weight is 312 g/mol. The van der Waals surface area contributed by atoms with Crippen LogP contribution in [-0.4, -0.2) is 17.1 Å². The Labute approximate surface area is 137 Å². The van der Waals surface area contributed by atoms with Gasteiger partial charge >= 0.3 is 0 Å². The van der Waals surface area contributed by atoms with Gasteiger partial charge in [0.1, 0.15) is 5.75 Å². The lowest BCUT2D eigenvalue weighted by Crippen LogP contribution is -2.46. The van der Waals surface area contributed by atoms with Gasteiger partial charge in [-0.05, 0) is 17.5 Å². The molecule has 4 nitrogen and oxygen atoms in total. The first kappa shape index (κ1) is 17.0. The van der Waals surface area contributed by atoms with Gasteiger partial charge in [0.2, 0.25) is 5.91 Å². The molecular weight excluding hydrogens is 288 g/mol. The lowest BCUT2D eigenvalue weighted by Gasteiger charge is -2.22. The fourth-order valence-electron chi connectivity index (χ4n) is 2.41. The van der Waals surface area contributed by atoms with Crippen LogP contribution in [0.1, 0.15) is 25.0 Å². The maximum Gasteiger partial charge on any atom is 0.237 e. The van der Waals surface area contributed by atoms with Crippen molar-refractivity contribution in [3.05, 3.63) is 65.7 Å². The molecule has 3 N–H and O–H groups in total. The second-order valence-corrected chi connectivity index (χ2v) is 5.93. The topological polar surface area (TPSA) is 61.4 Å². The number of carbonyl (C=O) groups is 1. The van der Waals surface area contributed by atoms with E-state index < -0.39 is 0 Å². The van der Waals surface area contributed by atoms with Crippen LogP contribution in [0.15, 0.2) is 54.6 Å². The highest BCUT2D eigenvalue weighted by molar-refractivity contribution is 5.82. The summed E-state index contributed by atoms with van der Waals surface area (Å²) in [5.74, 6) is 0.364. The number of hydrogen-bond acceptors (Lipinski definition) is 3. The quantitative estimate of drug-likeness (QED) is 0.737. The fraction of sp³-hybridized carbons (Fsp3) is 0.316. The number of phenolic OH excluding ortho intramolecular Hbond substituents is 1. The van der Waals surface area contributed by atoms with Crippen LogP contribution >= 0.6 is 0 Å². The lowest BCUT2D eigenvalue weighted by molar-refractivity contribution is -0.124. The van der Waals surface area contributed by atoms with Gasteiger partial charge in [-0.25, -0.2) is 0 Å². The Morgan fingerprint density at radius 2 is 1.65 bits per heavy atom. The fourth-order valence-corrected chi connectivity index (χ4v) is 2.41. The summed E-state index contributed by atoms with van der Waals surface area (Å²) in [7, 11) is 0. The normalized spacial score (nSPS) is 12.1. The molecule has 0 aliphatic rings. The summed E-state index contributed by atoms with van der Waals surface area (Å²) in [6, 6.07) is 16.7. The Kier molecular flexibility index (Phi) is 6.18. The highest BCUT2D eigenvalue weighted by atomic mass is 16.3. The van der Waals surface area contributed by atoms with Crippen LogP contribution < -0.4 is 10.6 Å². The monoisotopic (exact) mass is 312 g/mol. The van der Waals surface area contributed by atoms with E-state index in [-0.39, 0.29) is 23.6 Å². The molecular formula is C19H24N2O2. The van der Waals surface area contributed by atoms with E-state index in [9.17, 15) is 9.90 Å². The molecule has 0 spiro atoms. The zero-order chi connectivity index (χ0) is 16.7. The maximum atomic E-state index is 12.4. The molecule has 23 heavy (non-hydrogen) atoms. The molecule has 122 valence electrons. The molecule has 0 aliphatic carbocycles. The van der Waals surface area contributed by atoms with Crippen molar-refractivity contribution in [2.45, 2.75) is 33.0 Å². The number of hydrogen-bond donors (Lipinski definition) is 3. The first-order valence-corrected chi connectivity index (χ1v) is 7.90. The Morgan fingerprint density at radius 1 is 1.00 bits per heavy atom. The molecule has 0 unspecified atom stereocenters. The average Bonchev–Trinajstić information content (AvgIpc) is 2.55. The van der Waals surface area contributed by atoms with Crippen molar-refractivity contribution in [3.63, 3.8) is 0 Å². The number of carbonyl (C=O) groups excluding carboxylic acids is 1. The third kappa shape index (κ3) is 5.11. The Hall–Kier alpha value is -2.33. The number of para-hydroxylation sites is 1. The molecule has 0 bridgehead atoms. The van der Waals surface area contributed by atoms with E-state index in [1.54, 1.807) is 12.1 Å². The molecule has 2 aromatic carbocycles. The third-order valence-electron chi connectivity index (χ3n) is 3.76. The summed E-state index contributed by atoms with van der Waals surface area (Å²) in [6.45, 7) is 4.98. The van der Waals surface area contributed by atoms with E-state index >= 15 is 0 Å². The first-order chi connectivity index (χ1) is 11.1. The van der Waals surface area contributed by atoms with Gasteiger partial charge in [-0.3, -0.25) is 4.79 Å². The number of rotatable bonds is 7. The van der Waals surface area contributed by atoms with E-state index in [2.05, 4.69) is 10.6 Å². The molecule has 2 aromatic rings.